The second-order valence-electron chi connectivity index (χ2n) is 6.93. The Hall–Kier alpha value is -2.71. The number of fused-ring (bicyclic) bond motifs is 1. The SMILES string of the molecule is Cc1ccc(NC(=O)CC2S/C(=N/c3nc4ccccc4s3)N(C)C2=O)c(C)c1. The van der Waals surface area contributed by atoms with Crippen LogP contribution < -0.4 is 5.32 Å². The Bertz CT molecular complexity index is 1110. The maximum atomic E-state index is 12.6. The minimum Gasteiger partial charge on any atom is -0.326 e. The first-order chi connectivity index (χ1) is 13.9. The molecular formula is C21H20N4O2S2. The van der Waals surface area contributed by atoms with E-state index >= 15 is 0 Å². The number of aryl methyl sites for hydroxylation is 2. The standard InChI is InChI=1S/C21H20N4O2S2/c1-12-8-9-14(13(2)10-12)22-18(26)11-17-19(27)25(3)21(29-17)24-20-23-15-6-4-5-7-16(15)28-20/h4-10,17H,11H2,1-3H3,(H,22,26)/b24-21+. The number of para-hydroxylation sites is 1. The van der Waals surface area contributed by atoms with Crippen LogP contribution in [-0.2, 0) is 9.59 Å². The smallest absolute Gasteiger partial charge is 0.242 e. The minimum absolute atomic E-state index is 0.0972. The highest BCUT2D eigenvalue weighted by molar-refractivity contribution is 8.15. The molecule has 6 nitrogen and oxygen atoms in total. The molecule has 0 bridgehead atoms. The number of rotatable bonds is 4. The first kappa shape index (κ1) is 19.6. The lowest BCUT2D eigenvalue weighted by Gasteiger charge is -2.11. The van der Waals surface area contributed by atoms with E-state index in [1.165, 1.54) is 28.0 Å². The van der Waals surface area contributed by atoms with Crippen molar-refractivity contribution in [1.82, 2.24) is 9.88 Å². The van der Waals surface area contributed by atoms with Crippen LogP contribution in [0.3, 0.4) is 0 Å². The summed E-state index contributed by atoms with van der Waals surface area (Å²) in [7, 11) is 1.68. The van der Waals surface area contributed by atoms with E-state index in [2.05, 4.69) is 15.3 Å². The van der Waals surface area contributed by atoms with Gasteiger partial charge in [-0.3, -0.25) is 14.5 Å². The molecule has 148 valence electrons. The fourth-order valence-electron chi connectivity index (χ4n) is 3.11. The highest BCUT2D eigenvalue weighted by atomic mass is 32.2. The molecule has 1 aliphatic rings. The van der Waals surface area contributed by atoms with Gasteiger partial charge in [0.25, 0.3) is 0 Å². The third kappa shape index (κ3) is 4.18. The molecule has 1 aliphatic heterocycles. The van der Waals surface area contributed by atoms with Crippen LogP contribution in [0, 0.1) is 13.8 Å². The second kappa shape index (κ2) is 7.96. The molecule has 4 rings (SSSR count). The van der Waals surface area contributed by atoms with Crippen LogP contribution in [0.25, 0.3) is 10.2 Å². The normalized spacial score (nSPS) is 18.0. The zero-order valence-corrected chi connectivity index (χ0v) is 17.9. The van der Waals surface area contributed by atoms with Crippen molar-refractivity contribution in [3.8, 4) is 0 Å². The summed E-state index contributed by atoms with van der Waals surface area (Å²) >= 11 is 2.79. The van der Waals surface area contributed by atoms with Crippen LogP contribution in [0.1, 0.15) is 17.5 Å². The summed E-state index contributed by atoms with van der Waals surface area (Å²) in [5, 5.41) is 3.59. The van der Waals surface area contributed by atoms with Crippen LogP contribution in [0.15, 0.2) is 47.5 Å². The molecule has 2 aromatic carbocycles. The predicted octanol–water partition coefficient (Wildman–Crippen LogP) is 4.50. The van der Waals surface area contributed by atoms with Crippen LogP contribution in [-0.4, -0.2) is 39.2 Å². The largest absolute Gasteiger partial charge is 0.326 e. The number of thioether (sulfide) groups is 1. The Labute approximate surface area is 177 Å². The minimum atomic E-state index is -0.487. The van der Waals surface area contributed by atoms with Gasteiger partial charge in [0.05, 0.1) is 10.2 Å². The molecular weight excluding hydrogens is 404 g/mol. The second-order valence-corrected chi connectivity index (χ2v) is 9.11. The molecule has 2 heterocycles. The predicted molar refractivity (Wildman–Crippen MR) is 120 cm³/mol. The molecule has 29 heavy (non-hydrogen) atoms. The van der Waals surface area contributed by atoms with Gasteiger partial charge < -0.3 is 5.32 Å². The van der Waals surface area contributed by atoms with Gasteiger partial charge in [-0.2, -0.15) is 4.99 Å². The molecule has 0 spiro atoms. The summed E-state index contributed by atoms with van der Waals surface area (Å²) in [6.45, 7) is 3.96. The number of thiazole rings is 1. The van der Waals surface area contributed by atoms with Gasteiger partial charge in [0, 0.05) is 19.2 Å². The first-order valence-electron chi connectivity index (χ1n) is 9.16. The van der Waals surface area contributed by atoms with Crippen LogP contribution >= 0.6 is 23.1 Å². The van der Waals surface area contributed by atoms with Gasteiger partial charge in [0.2, 0.25) is 16.9 Å². The summed E-state index contributed by atoms with van der Waals surface area (Å²) in [4.78, 5) is 35.7. The van der Waals surface area contributed by atoms with Crippen LogP contribution in [0.5, 0.6) is 0 Å². The van der Waals surface area contributed by atoms with Crippen molar-refractivity contribution < 1.29 is 9.59 Å². The molecule has 1 fully saturated rings. The van der Waals surface area contributed by atoms with E-state index < -0.39 is 5.25 Å². The average molecular weight is 425 g/mol. The van der Waals surface area contributed by atoms with Crippen molar-refractivity contribution in [2.75, 3.05) is 12.4 Å². The fourth-order valence-corrected chi connectivity index (χ4v) is 5.14. The molecule has 1 aromatic heterocycles. The number of benzene rings is 2. The van der Waals surface area contributed by atoms with Crippen molar-refractivity contribution in [3.05, 3.63) is 53.6 Å². The van der Waals surface area contributed by atoms with Crippen molar-refractivity contribution in [2.24, 2.45) is 4.99 Å². The number of amides is 2. The van der Waals surface area contributed by atoms with Crippen molar-refractivity contribution in [2.45, 2.75) is 25.5 Å². The lowest BCUT2D eigenvalue weighted by Crippen LogP contribution is -2.30. The summed E-state index contributed by atoms with van der Waals surface area (Å²) in [5.41, 5.74) is 3.80. The van der Waals surface area contributed by atoms with Gasteiger partial charge in [0.1, 0.15) is 5.25 Å². The Morgan fingerprint density at radius 3 is 2.79 bits per heavy atom. The lowest BCUT2D eigenvalue weighted by molar-refractivity contribution is -0.127. The van der Waals surface area contributed by atoms with E-state index in [4.69, 9.17) is 0 Å². The molecule has 1 unspecified atom stereocenters. The number of nitrogens with zero attached hydrogens (tertiary/aromatic N) is 3. The van der Waals surface area contributed by atoms with E-state index in [1.54, 1.807) is 7.05 Å². The molecule has 2 amide bonds. The van der Waals surface area contributed by atoms with E-state index in [0.717, 1.165) is 27.0 Å². The molecule has 0 saturated carbocycles. The Morgan fingerprint density at radius 1 is 1.24 bits per heavy atom. The number of aromatic nitrogens is 1. The zero-order chi connectivity index (χ0) is 20.5. The topological polar surface area (TPSA) is 74.7 Å². The first-order valence-corrected chi connectivity index (χ1v) is 10.9. The number of aliphatic imine (C=N–C) groups is 1. The molecule has 1 atom stereocenters. The number of nitrogens with one attached hydrogen (secondary N) is 1. The highest BCUT2D eigenvalue weighted by Gasteiger charge is 2.37. The zero-order valence-electron chi connectivity index (χ0n) is 16.3. The number of hydrogen-bond donors (Lipinski definition) is 1. The van der Waals surface area contributed by atoms with Gasteiger partial charge >= 0.3 is 0 Å². The molecule has 1 saturated heterocycles. The average Bonchev–Trinajstić information content (AvgIpc) is 3.20. The van der Waals surface area contributed by atoms with Gasteiger partial charge in [-0.25, -0.2) is 4.98 Å². The highest BCUT2D eigenvalue weighted by Crippen LogP contribution is 2.33. The number of carbonyl (C=O) groups is 2. The third-order valence-electron chi connectivity index (χ3n) is 4.64. The summed E-state index contributed by atoms with van der Waals surface area (Å²) in [6.07, 6.45) is 0.0972. The Morgan fingerprint density at radius 2 is 2.03 bits per heavy atom. The van der Waals surface area contributed by atoms with Gasteiger partial charge in [0.15, 0.2) is 5.17 Å². The number of carbonyl (C=O) groups excluding carboxylic acids is 2. The van der Waals surface area contributed by atoms with Gasteiger partial charge in [-0.15, -0.1) is 0 Å². The van der Waals surface area contributed by atoms with Crippen LogP contribution in [0.2, 0.25) is 0 Å². The van der Waals surface area contributed by atoms with E-state index in [1.807, 2.05) is 56.3 Å². The maximum Gasteiger partial charge on any atom is 0.242 e. The molecule has 1 N–H and O–H groups in total. The third-order valence-corrected chi connectivity index (χ3v) is 6.80. The van der Waals surface area contributed by atoms with Crippen molar-refractivity contribution in [3.63, 3.8) is 0 Å². The molecule has 0 aliphatic carbocycles. The number of anilines is 1. The maximum absolute atomic E-state index is 12.6. The molecule has 0 radical (unpaired) electrons. The van der Waals surface area contributed by atoms with Gasteiger partial charge in [-0.05, 0) is 37.6 Å². The lowest BCUT2D eigenvalue weighted by atomic mass is 10.1. The van der Waals surface area contributed by atoms with E-state index in [-0.39, 0.29) is 18.2 Å². The monoisotopic (exact) mass is 424 g/mol. The number of amidine groups is 1. The Kier molecular flexibility index (Phi) is 5.38. The molecule has 3 aromatic rings. The van der Waals surface area contributed by atoms with Gasteiger partial charge in [-0.1, -0.05) is 52.9 Å². The van der Waals surface area contributed by atoms with Crippen molar-refractivity contribution in [1.29, 1.82) is 0 Å². The summed E-state index contributed by atoms with van der Waals surface area (Å²) in [5.74, 6) is -0.303. The fraction of sp³-hybridized carbons (Fsp3) is 0.238. The van der Waals surface area contributed by atoms with E-state index in [9.17, 15) is 9.59 Å². The quantitative estimate of drug-likeness (QED) is 0.669. The summed E-state index contributed by atoms with van der Waals surface area (Å²) in [6, 6.07) is 13.7. The number of hydrogen-bond acceptors (Lipinski definition) is 6. The van der Waals surface area contributed by atoms with Crippen molar-refractivity contribution >= 4 is 61.1 Å². The molecule has 8 heteroatoms. The van der Waals surface area contributed by atoms with E-state index in [0.29, 0.717) is 10.3 Å². The van der Waals surface area contributed by atoms with Crippen LogP contribution in [0.4, 0.5) is 10.8 Å². The summed E-state index contributed by atoms with van der Waals surface area (Å²) < 4.78 is 1.05. The Balaban J connectivity index is 1.46.